The van der Waals surface area contributed by atoms with Crippen LogP contribution in [-0.2, 0) is 4.79 Å². The van der Waals surface area contributed by atoms with Crippen molar-refractivity contribution in [3.63, 3.8) is 0 Å². The highest BCUT2D eigenvalue weighted by Gasteiger charge is 2.16. The molecule has 0 heterocycles. The molecular formula is C28H22Cl2N2O6. The average Bonchev–Trinajstić information content (AvgIpc) is 2.94. The SMILES string of the molecule is COc1ccc(C(=O)Oc2ccc3ccccc3c2C=NNC(=O)COc2cccc(Cl)c2Cl)cc1OC. The molecule has 0 atom stereocenters. The Balaban J connectivity index is 1.53. The molecule has 0 saturated heterocycles. The highest BCUT2D eigenvalue weighted by Crippen LogP contribution is 2.32. The minimum Gasteiger partial charge on any atom is -0.493 e. The molecule has 0 unspecified atom stereocenters. The molecule has 10 heteroatoms. The number of hydrazone groups is 1. The zero-order chi connectivity index (χ0) is 27.1. The van der Waals surface area contributed by atoms with Crippen molar-refractivity contribution in [3.05, 3.63) is 94.0 Å². The highest BCUT2D eigenvalue weighted by molar-refractivity contribution is 6.42. The standard InChI is InChI=1S/C28H22Cl2N2O6/c1-35-23-13-11-18(14-25(23)36-2)28(34)38-22-12-10-17-6-3-4-7-19(17)20(22)15-31-32-26(33)16-37-24-9-5-8-21(29)27(24)30/h3-15H,16H2,1-2H3,(H,32,33). The molecule has 1 N–H and O–H groups in total. The molecule has 0 bridgehead atoms. The van der Waals surface area contributed by atoms with Gasteiger partial charge in [-0.1, -0.05) is 59.6 Å². The maximum Gasteiger partial charge on any atom is 0.343 e. The van der Waals surface area contributed by atoms with Crippen molar-refractivity contribution in [1.82, 2.24) is 5.43 Å². The number of nitrogens with one attached hydrogen (secondary N) is 1. The quantitative estimate of drug-likeness (QED) is 0.120. The van der Waals surface area contributed by atoms with Gasteiger partial charge >= 0.3 is 5.97 Å². The second kappa shape index (κ2) is 12.3. The molecule has 4 aromatic rings. The fourth-order valence-electron chi connectivity index (χ4n) is 3.56. The molecule has 8 nitrogen and oxygen atoms in total. The monoisotopic (exact) mass is 552 g/mol. The number of methoxy groups -OCH3 is 2. The summed E-state index contributed by atoms with van der Waals surface area (Å²) in [6.45, 7) is -0.339. The molecule has 0 aliphatic carbocycles. The largest absolute Gasteiger partial charge is 0.493 e. The van der Waals surface area contributed by atoms with Gasteiger partial charge in [0.15, 0.2) is 18.1 Å². The van der Waals surface area contributed by atoms with Crippen molar-refractivity contribution < 1.29 is 28.5 Å². The van der Waals surface area contributed by atoms with Crippen LogP contribution in [0.4, 0.5) is 0 Å². The van der Waals surface area contributed by atoms with Crippen LogP contribution in [-0.4, -0.2) is 38.9 Å². The Morgan fingerprint density at radius 1 is 0.868 bits per heavy atom. The van der Waals surface area contributed by atoms with Crippen molar-refractivity contribution >= 4 is 52.1 Å². The zero-order valence-electron chi connectivity index (χ0n) is 20.4. The number of rotatable bonds is 9. The summed E-state index contributed by atoms with van der Waals surface area (Å²) in [6, 6.07) is 20.6. The highest BCUT2D eigenvalue weighted by atomic mass is 35.5. The van der Waals surface area contributed by atoms with Crippen molar-refractivity contribution in [3.8, 4) is 23.0 Å². The first kappa shape index (κ1) is 26.8. The number of amides is 1. The van der Waals surface area contributed by atoms with Crippen LogP contribution in [0.5, 0.6) is 23.0 Å². The van der Waals surface area contributed by atoms with Crippen molar-refractivity contribution in [2.45, 2.75) is 0 Å². The summed E-state index contributed by atoms with van der Waals surface area (Å²) < 4.78 is 21.6. The van der Waals surface area contributed by atoms with Crippen LogP contribution < -0.4 is 24.4 Å². The van der Waals surface area contributed by atoms with Gasteiger partial charge in [0.05, 0.1) is 31.0 Å². The Labute approximate surface area is 228 Å². The molecule has 4 aromatic carbocycles. The Hall–Kier alpha value is -4.27. The number of esters is 1. The minimum absolute atomic E-state index is 0.210. The van der Waals surface area contributed by atoms with Crippen LogP contribution >= 0.6 is 23.2 Å². The van der Waals surface area contributed by atoms with Crippen LogP contribution in [0.25, 0.3) is 10.8 Å². The van der Waals surface area contributed by atoms with Crippen LogP contribution in [0, 0.1) is 0 Å². The second-order valence-electron chi connectivity index (χ2n) is 7.79. The third kappa shape index (κ3) is 6.16. The summed E-state index contributed by atoms with van der Waals surface area (Å²) in [5, 5.41) is 6.23. The van der Waals surface area contributed by atoms with Gasteiger partial charge in [0.2, 0.25) is 0 Å². The summed E-state index contributed by atoms with van der Waals surface area (Å²) in [4.78, 5) is 25.2. The zero-order valence-corrected chi connectivity index (χ0v) is 21.9. The average molecular weight is 553 g/mol. The molecule has 0 fully saturated rings. The molecule has 0 spiro atoms. The van der Waals surface area contributed by atoms with Crippen LogP contribution in [0.1, 0.15) is 15.9 Å². The van der Waals surface area contributed by atoms with E-state index >= 15 is 0 Å². The van der Waals surface area contributed by atoms with E-state index in [4.69, 9.17) is 42.1 Å². The fraction of sp³-hybridized carbons (Fsp3) is 0.107. The predicted molar refractivity (Wildman–Crippen MR) is 146 cm³/mol. The summed E-state index contributed by atoms with van der Waals surface area (Å²) in [5.41, 5.74) is 3.16. The molecule has 38 heavy (non-hydrogen) atoms. The van der Waals surface area contributed by atoms with Gasteiger partial charge in [0.1, 0.15) is 16.5 Å². The Bertz CT molecular complexity index is 1520. The van der Waals surface area contributed by atoms with Gasteiger partial charge in [-0.05, 0) is 47.2 Å². The number of carbonyl (C=O) groups is 2. The third-order valence-electron chi connectivity index (χ3n) is 5.41. The first-order chi connectivity index (χ1) is 18.4. The molecule has 4 rings (SSSR count). The smallest absolute Gasteiger partial charge is 0.343 e. The van der Waals surface area contributed by atoms with Crippen LogP contribution in [0.15, 0.2) is 77.9 Å². The van der Waals surface area contributed by atoms with Crippen LogP contribution in [0.2, 0.25) is 10.0 Å². The van der Waals surface area contributed by atoms with Crippen molar-refractivity contribution in [2.75, 3.05) is 20.8 Å². The molecule has 0 aliphatic heterocycles. The van der Waals surface area contributed by atoms with Gasteiger partial charge < -0.3 is 18.9 Å². The van der Waals surface area contributed by atoms with E-state index in [9.17, 15) is 9.59 Å². The van der Waals surface area contributed by atoms with E-state index < -0.39 is 11.9 Å². The first-order valence-corrected chi connectivity index (χ1v) is 12.0. The first-order valence-electron chi connectivity index (χ1n) is 11.3. The van der Waals surface area contributed by atoms with Crippen LogP contribution in [0.3, 0.4) is 0 Å². The number of carbonyl (C=O) groups excluding carboxylic acids is 2. The van der Waals surface area contributed by atoms with E-state index in [1.165, 1.54) is 26.5 Å². The topological polar surface area (TPSA) is 95.5 Å². The van der Waals surface area contributed by atoms with E-state index in [1.54, 1.807) is 36.4 Å². The lowest BCUT2D eigenvalue weighted by molar-refractivity contribution is -0.123. The van der Waals surface area contributed by atoms with E-state index in [2.05, 4.69) is 10.5 Å². The lowest BCUT2D eigenvalue weighted by Crippen LogP contribution is -2.24. The number of fused-ring (bicyclic) bond motifs is 1. The maximum atomic E-state index is 13.0. The number of hydrogen-bond acceptors (Lipinski definition) is 7. The summed E-state index contributed by atoms with van der Waals surface area (Å²) in [5.74, 6) is 0.277. The minimum atomic E-state index is -0.605. The van der Waals surface area contributed by atoms with Gasteiger partial charge in [-0.25, -0.2) is 10.2 Å². The lowest BCUT2D eigenvalue weighted by Gasteiger charge is -2.12. The molecule has 0 aromatic heterocycles. The Morgan fingerprint density at radius 3 is 2.42 bits per heavy atom. The number of nitrogens with zero attached hydrogens (tertiary/aromatic N) is 1. The van der Waals surface area contributed by atoms with E-state index in [0.717, 1.165) is 10.8 Å². The summed E-state index contributed by atoms with van der Waals surface area (Å²) in [6.07, 6.45) is 1.41. The maximum absolute atomic E-state index is 13.0. The predicted octanol–water partition coefficient (Wildman–Crippen LogP) is 5.91. The van der Waals surface area contributed by atoms with Gasteiger partial charge in [-0.2, -0.15) is 5.10 Å². The van der Waals surface area contributed by atoms with Gasteiger partial charge in [-0.3, -0.25) is 4.79 Å². The third-order valence-corrected chi connectivity index (χ3v) is 6.21. The number of hydrogen-bond donors (Lipinski definition) is 1. The molecule has 0 radical (unpaired) electrons. The molecule has 0 aliphatic rings. The Kier molecular flexibility index (Phi) is 8.68. The van der Waals surface area contributed by atoms with Crippen molar-refractivity contribution in [1.29, 1.82) is 0 Å². The van der Waals surface area contributed by atoms with Crippen molar-refractivity contribution in [2.24, 2.45) is 5.10 Å². The number of ether oxygens (including phenoxy) is 4. The Morgan fingerprint density at radius 2 is 1.63 bits per heavy atom. The van der Waals surface area contributed by atoms with Gasteiger partial charge in [0.25, 0.3) is 5.91 Å². The number of halogens is 2. The van der Waals surface area contributed by atoms with E-state index in [-0.39, 0.29) is 28.7 Å². The van der Waals surface area contributed by atoms with E-state index in [1.807, 2.05) is 30.3 Å². The molecule has 194 valence electrons. The lowest BCUT2D eigenvalue weighted by atomic mass is 10.0. The molecular weight excluding hydrogens is 531 g/mol. The molecule has 0 saturated carbocycles. The number of benzene rings is 4. The van der Waals surface area contributed by atoms with Gasteiger partial charge in [-0.15, -0.1) is 0 Å². The second-order valence-corrected chi connectivity index (χ2v) is 8.58. The summed E-state index contributed by atoms with van der Waals surface area (Å²) >= 11 is 12.0. The van der Waals surface area contributed by atoms with E-state index in [0.29, 0.717) is 22.1 Å². The summed E-state index contributed by atoms with van der Waals surface area (Å²) in [7, 11) is 2.99. The molecule has 1 amide bonds. The normalized spacial score (nSPS) is 10.8. The van der Waals surface area contributed by atoms with Gasteiger partial charge in [0, 0.05) is 5.56 Å². The fourth-order valence-corrected chi connectivity index (χ4v) is 3.91.